The third-order valence-corrected chi connectivity index (χ3v) is 5.94. The second-order valence-corrected chi connectivity index (χ2v) is 8.00. The summed E-state index contributed by atoms with van der Waals surface area (Å²) in [5.74, 6) is 0.398. The first-order chi connectivity index (χ1) is 14.8. The summed E-state index contributed by atoms with van der Waals surface area (Å²) in [5, 5.41) is 2.88. The molecule has 0 bridgehead atoms. The van der Waals surface area contributed by atoms with Crippen LogP contribution in [0.1, 0.15) is 59.3 Å². The highest BCUT2D eigenvalue weighted by Gasteiger charge is 2.35. The molecule has 7 nitrogen and oxygen atoms in total. The van der Waals surface area contributed by atoms with Crippen LogP contribution in [0.2, 0.25) is 0 Å². The Morgan fingerprint density at radius 2 is 2.13 bits per heavy atom. The van der Waals surface area contributed by atoms with Gasteiger partial charge in [-0.15, -0.1) is 0 Å². The van der Waals surface area contributed by atoms with E-state index in [4.69, 9.17) is 4.74 Å². The van der Waals surface area contributed by atoms with E-state index in [1.807, 2.05) is 6.92 Å². The van der Waals surface area contributed by atoms with Crippen LogP contribution in [-0.4, -0.2) is 39.7 Å². The zero-order valence-electron chi connectivity index (χ0n) is 17.4. The quantitative estimate of drug-likeness (QED) is 0.721. The molecule has 1 aliphatic heterocycles. The summed E-state index contributed by atoms with van der Waals surface area (Å²) in [4.78, 5) is 35.5. The van der Waals surface area contributed by atoms with E-state index < -0.39 is 13.0 Å². The van der Waals surface area contributed by atoms with Gasteiger partial charge in [0.05, 0.1) is 12.6 Å². The normalized spacial score (nSPS) is 16.8. The number of aryl methyl sites for hydroxylation is 1. The highest BCUT2D eigenvalue weighted by atomic mass is 19.3. The standard InChI is InChI=1S/C22H24F2N4O3/c1-12-8-15(9-26-21(12)31-11-18(23)24)13(2)28-10-17-16(22(28)30)6-7-25-19(17)27-20(29)14-4-3-5-14/h6-9,13-14,18H,3-5,10-11H2,1-2H3,(H,25,27,29). The molecule has 164 valence electrons. The average Bonchev–Trinajstić information content (AvgIpc) is 3.02. The second-order valence-electron chi connectivity index (χ2n) is 8.00. The van der Waals surface area contributed by atoms with Crippen molar-refractivity contribution in [1.29, 1.82) is 0 Å². The van der Waals surface area contributed by atoms with Crippen molar-refractivity contribution in [2.24, 2.45) is 5.92 Å². The minimum Gasteiger partial charge on any atom is -0.471 e. The van der Waals surface area contributed by atoms with Gasteiger partial charge >= 0.3 is 0 Å². The Morgan fingerprint density at radius 1 is 1.35 bits per heavy atom. The Kier molecular flexibility index (Phi) is 5.84. The number of anilines is 1. The molecule has 1 aliphatic carbocycles. The smallest absolute Gasteiger partial charge is 0.272 e. The molecular weight excluding hydrogens is 406 g/mol. The summed E-state index contributed by atoms with van der Waals surface area (Å²) in [6.45, 7) is 3.19. The zero-order valence-corrected chi connectivity index (χ0v) is 17.4. The van der Waals surface area contributed by atoms with Crippen molar-refractivity contribution >= 4 is 17.6 Å². The number of ether oxygens (including phenoxy) is 1. The lowest BCUT2D eigenvalue weighted by molar-refractivity contribution is -0.122. The van der Waals surface area contributed by atoms with Gasteiger partial charge in [0, 0.05) is 35.0 Å². The van der Waals surface area contributed by atoms with Gasteiger partial charge in [-0.3, -0.25) is 9.59 Å². The zero-order chi connectivity index (χ0) is 22.1. The van der Waals surface area contributed by atoms with Crippen LogP contribution in [0.4, 0.5) is 14.6 Å². The number of rotatable bonds is 7. The third-order valence-electron chi connectivity index (χ3n) is 5.94. The van der Waals surface area contributed by atoms with E-state index in [1.165, 1.54) is 12.4 Å². The molecule has 2 amide bonds. The number of alkyl halides is 2. The average molecular weight is 430 g/mol. The topological polar surface area (TPSA) is 84.4 Å². The van der Waals surface area contributed by atoms with Crippen LogP contribution in [0.15, 0.2) is 24.5 Å². The number of aromatic nitrogens is 2. The van der Waals surface area contributed by atoms with Gasteiger partial charge in [0.15, 0.2) is 6.61 Å². The fourth-order valence-corrected chi connectivity index (χ4v) is 3.84. The number of pyridine rings is 2. The summed E-state index contributed by atoms with van der Waals surface area (Å²) < 4.78 is 29.8. The van der Waals surface area contributed by atoms with Gasteiger partial charge in [-0.05, 0) is 44.4 Å². The van der Waals surface area contributed by atoms with Crippen molar-refractivity contribution in [2.75, 3.05) is 11.9 Å². The van der Waals surface area contributed by atoms with Crippen LogP contribution in [0.3, 0.4) is 0 Å². The Labute approximate surface area is 178 Å². The first-order valence-corrected chi connectivity index (χ1v) is 10.3. The molecule has 0 spiro atoms. The first-order valence-electron chi connectivity index (χ1n) is 10.3. The van der Waals surface area contributed by atoms with E-state index in [0.717, 1.165) is 24.8 Å². The molecule has 2 aliphatic rings. The maximum Gasteiger partial charge on any atom is 0.272 e. The minimum absolute atomic E-state index is 0.0182. The van der Waals surface area contributed by atoms with E-state index in [1.54, 1.807) is 24.0 Å². The number of carbonyl (C=O) groups excluding carboxylic acids is 2. The van der Waals surface area contributed by atoms with Crippen molar-refractivity contribution in [3.8, 4) is 5.88 Å². The maximum absolute atomic E-state index is 13.0. The number of hydrogen-bond donors (Lipinski definition) is 1. The van der Waals surface area contributed by atoms with Gasteiger partial charge in [0.1, 0.15) is 5.82 Å². The van der Waals surface area contributed by atoms with E-state index in [-0.39, 0.29) is 29.7 Å². The minimum atomic E-state index is -2.58. The predicted octanol–water partition coefficient (Wildman–Crippen LogP) is 3.88. The molecular formula is C22H24F2N4O3. The Hall–Kier alpha value is -3.10. The number of nitrogens with one attached hydrogen (secondary N) is 1. The highest BCUT2D eigenvalue weighted by molar-refractivity contribution is 6.01. The maximum atomic E-state index is 13.0. The van der Waals surface area contributed by atoms with Gasteiger partial charge in [-0.25, -0.2) is 18.7 Å². The molecule has 1 fully saturated rings. The summed E-state index contributed by atoms with van der Waals surface area (Å²) in [5.41, 5.74) is 2.60. The predicted molar refractivity (Wildman–Crippen MR) is 109 cm³/mol. The molecule has 0 saturated heterocycles. The number of hydrogen-bond acceptors (Lipinski definition) is 5. The summed E-state index contributed by atoms with van der Waals surface area (Å²) >= 11 is 0. The molecule has 2 aromatic heterocycles. The molecule has 0 aromatic carbocycles. The molecule has 31 heavy (non-hydrogen) atoms. The molecule has 1 atom stereocenters. The van der Waals surface area contributed by atoms with Gasteiger partial charge in [0.25, 0.3) is 12.3 Å². The monoisotopic (exact) mass is 430 g/mol. The van der Waals surface area contributed by atoms with Crippen molar-refractivity contribution in [3.63, 3.8) is 0 Å². The first kappa shape index (κ1) is 21.1. The van der Waals surface area contributed by atoms with Crippen LogP contribution in [-0.2, 0) is 11.3 Å². The Morgan fingerprint density at radius 3 is 2.77 bits per heavy atom. The van der Waals surface area contributed by atoms with Crippen molar-refractivity contribution in [1.82, 2.24) is 14.9 Å². The number of halogens is 2. The van der Waals surface area contributed by atoms with Crippen molar-refractivity contribution < 1.29 is 23.1 Å². The third kappa shape index (κ3) is 4.22. The van der Waals surface area contributed by atoms with Gasteiger partial charge in [0.2, 0.25) is 11.8 Å². The Balaban J connectivity index is 1.51. The molecule has 0 radical (unpaired) electrons. The molecule has 1 unspecified atom stereocenters. The largest absolute Gasteiger partial charge is 0.471 e. The van der Waals surface area contributed by atoms with Crippen LogP contribution in [0.25, 0.3) is 0 Å². The number of amides is 2. The lowest BCUT2D eigenvalue weighted by Gasteiger charge is -2.25. The van der Waals surface area contributed by atoms with Crippen LogP contribution < -0.4 is 10.1 Å². The van der Waals surface area contributed by atoms with E-state index in [9.17, 15) is 18.4 Å². The number of fused-ring (bicyclic) bond motifs is 1. The van der Waals surface area contributed by atoms with Crippen LogP contribution in [0, 0.1) is 12.8 Å². The fourth-order valence-electron chi connectivity index (χ4n) is 3.84. The lowest BCUT2D eigenvalue weighted by Crippen LogP contribution is -2.29. The molecule has 1 N–H and O–H groups in total. The van der Waals surface area contributed by atoms with E-state index in [0.29, 0.717) is 29.1 Å². The molecule has 4 rings (SSSR count). The summed E-state index contributed by atoms with van der Waals surface area (Å²) in [6, 6.07) is 3.13. The van der Waals surface area contributed by atoms with Gasteiger partial charge < -0.3 is 15.0 Å². The summed E-state index contributed by atoms with van der Waals surface area (Å²) in [6.07, 6.45) is 3.31. The second kappa shape index (κ2) is 8.56. The highest BCUT2D eigenvalue weighted by Crippen LogP contribution is 2.35. The van der Waals surface area contributed by atoms with Crippen LogP contribution >= 0.6 is 0 Å². The number of nitrogens with zero attached hydrogens (tertiary/aromatic N) is 3. The molecule has 2 aromatic rings. The van der Waals surface area contributed by atoms with E-state index >= 15 is 0 Å². The fraction of sp³-hybridized carbons (Fsp3) is 0.455. The van der Waals surface area contributed by atoms with E-state index in [2.05, 4.69) is 15.3 Å². The lowest BCUT2D eigenvalue weighted by atomic mass is 9.85. The SMILES string of the molecule is Cc1cc(C(C)N2Cc3c(ccnc3NC(=O)C3CCC3)C2=O)cnc1OCC(F)F. The summed E-state index contributed by atoms with van der Waals surface area (Å²) in [7, 11) is 0. The van der Waals surface area contributed by atoms with Gasteiger partial charge in [-0.2, -0.15) is 0 Å². The van der Waals surface area contributed by atoms with Crippen molar-refractivity contribution in [3.05, 3.63) is 46.8 Å². The Bertz CT molecular complexity index is 1010. The molecule has 3 heterocycles. The van der Waals surface area contributed by atoms with Gasteiger partial charge in [-0.1, -0.05) is 6.42 Å². The van der Waals surface area contributed by atoms with Crippen LogP contribution in [0.5, 0.6) is 5.88 Å². The van der Waals surface area contributed by atoms with Crippen molar-refractivity contribution in [2.45, 2.75) is 52.1 Å². The number of carbonyl (C=O) groups is 2. The molecule has 1 saturated carbocycles. The molecule has 9 heteroatoms.